The van der Waals surface area contributed by atoms with E-state index < -0.39 is 29.2 Å². The minimum absolute atomic E-state index is 0. The Kier molecular flexibility index (Phi) is 9.04. The third-order valence-corrected chi connectivity index (χ3v) is 9.12. The number of oxazole rings is 1. The van der Waals surface area contributed by atoms with Gasteiger partial charge < -0.3 is 24.8 Å². The number of thioether (sulfide) groups is 2. The number of phenols is 1. The number of para-hydroxylation sites is 2. The van der Waals surface area contributed by atoms with Gasteiger partial charge in [-0.25, -0.2) is 9.78 Å². The molecule has 0 saturated carbocycles. The molecule has 1 radical (unpaired) electrons. The summed E-state index contributed by atoms with van der Waals surface area (Å²) in [7, 11) is 0. The number of β-lactam (4-membered cyclic amide) rings is 1. The molecule has 3 aliphatic heterocycles. The van der Waals surface area contributed by atoms with E-state index in [1.807, 2.05) is 12.1 Å². The number of fused-ring (bicyclic) bond motifs is 2. The van der Waals surface area contributed by atoms with Gasteiger partial charge >= 0.3 is 5.97 Å². The first-order chi connectivity index (χ1) is 19.8. The normalized spacial score (nSPS) is 20.9. The smallest absolute Gasteiger partial charge is 0.352 e. The number of carbonyl (C=O) groups excluding carboxylic acids is 3. The number of nitrogens with zero attached hydrogens (tertiary/aromatic N) is 3. The largest absolute Gasteiger partial charge is 0.508 e. The van der Waals surface area contributed by atoms with Crippen molar-refractivity contribution in [2.45, 2.75) is 29.6 Å². The molecule has 2 atom stereocenters. The Bertz CT molecular complexity index is 1610. The van der Waals surface area contributed by atoms with Crippen molar-refractivity contribution in [2.24, 2.45) is 0 Å². The first kappa shape index (κ1) is 30.2. The van der Waals surface area contributed by atoms with Gasteiger partial charge in [0.25, 0.3) is 11.1 Å². The van der Waals surface area contributed by atoms with E-state index in [9.17, 15) is 29.4 Å². The van der Waals surface area contributed by atoms with Crippen molar-refractivity contribution in [1.29, 1.82) is 0 Å². The van der Waals surface area contributed by atoms with Crippen LogP contribution in [-0.4, -0.2) is 108 Å². The number of phenolic OH excluding ortho intramolecular Hbond substituents is 1. The molecule has 6 rings (SSSR count). The van der Waals surface area contributed by atoms with Crippen molar-refractivity contribution in [1.82, 2.24) is 20.1 Å². The van der Waals surface area contributed by atoms with Gasteiger partial charge in [0.2, 0.25) is 11.8 Å². The molecule has 2 aromatic carbocycles. The second-order valence-corrected chi connectivity index (χ2v) is 11.7. The molecule has 211 valence electrons. The Hall–Kier alpha value is -3.23. The summed E-state index contributed by atoms with van der Waals surface area (Å²) in [6.07, 6.45) is 2.04. The quantitative estimate of drug-likeness (QED) is 0.149. The minimum Gasteiger partial charge on any atom is -0.508 e. The number of benzene rings is 2. The van der Waals surface area contributed by atoms with Crippen LogP contribution in [0.1, 0.15) is 12.0 Å². The van der Waals surface area contributed by atoms with Gasteiger partial charge in [-0.05, 0) is 47.9 Å². The molecule has 4 heterocycles. The van der Waals surface area contributed by atoms with Crippen molar-refractivity contribution >= 4 is 87.9 Å². The summed E-state index contributed by atoms with van der Waals surface area (Å²) in [5.74, 6) is -1.97. The monoisotopic (exact) mass is 615 g/mol. The number of hydrogen-bond donors (Lipinski definition) is 3. The van der Waals surface area contributed by atoms with Crippen LogP contribution in [0.15, 0.2) is 81.1 Å². The fourth-order valence-corrected chi connectivity index (χ4v) is 6.95. The number of rotatable bonds is 8. The predicted molar refractivity (Wildman–Crippen MR) is 156 cm³/mol. The zero-order valence-corrected chi connectivity index (χ0v) is 26.1. The van der Waals surface area contributed by atoms with Gasteiger partial charge in [0, 0.05) is 54.0 Å². The first-order valence-electron chi connectivity index (χ1n) is 12.7. The molecule has 14 heteroatoms. The molecule has 2 saturated heterocycles. The maximum absolute atomic E-state index is 13.0. The maximum Gasteiger partial charge on any atom is 0.352 e. The third-order valence-electron chi connectivity index (χ3n) is 6.99. The number of aromatic hydroxyl groups is 1. The van der Waals surface area contributed by atoms with E-state index in [0.29, 0.717) is 47.0 Å². The minimum atomic E-state index is -1.27. The molecular formula is C28H24N4NaO7S2. The average molecular weight is 616 g/mol. The standard InChI is InChI=1S/C28H24N4O7S2.Na/c33-18-7-5-15(6-8-18)12-31-10-9-16(24(31)35)11-17-13-40-26-22(25(36)32(26)23(17)27(37)38)30-21(34)14-41-28-29-19-3-1-2-4-20(19)39-28;/h1-8,11,22,26,33H,9-10,12-14H2,(H,30,34)(H,37,38);/t22-,26-;/m1./s1. The van der Waals surface area contributed by atoms with E-state index in [0.717, 1.165) is 17.3 Å². The van der Waals surface area contributed by atoms with Gasteiger partial charge in [0.05, 0.1) is 5.75 Å². The van der Waals surface area contributed by atoms with Crippen LogP contribution in [0, 0.1) is 0 Å². The second kappa shape index (κ2) is 12.6. The molecule has 3 N–H and O–H groups in total. The number of carboxylic acids is 1. The first-order valence-corrected chi connectivity index (χ1v) is 14.8. The van der Waals surface area contributed by atoms with Crippen LogP contribution in [0.25, 0.3) is 11.1 Å². The number of carboxylic acid groups (broad SMARTS) is 1. The zero-order valence-electron chi connectivity index (χ0n) is 22.5. The average Bonchev–Trinajstić information content (AvgIpc) is 3.54. The van der Waals surface area contributed by atoms with Crippen LogP contribution >= 0.6 is 23.5 Å². The number of hydrogen-bond acceptors (Lipinski definition) is 9. The molecule has 0 spiro atoms. The predicted octanol–water partition coefficient (Wildman–Crippen LogP) is 2.34. The number of likely N-dealkylation sites (tertiary alicyclic amines) is 1. The van der Waals surface area contributed by atoms with E-state index in [-0.39, 0.29) is 58.4 Å². The van der Waals surface area contributed by atoms with E-state index in [1.165, 1.54) is 16.7 Å². The molecule has 3 amide bonds. The molecule has 11 nitrogen and oxygen atoms in total. The Morgan fingerprint density at radius 3 is 2.67 bits per heavy atom. The fourth-order valence-electron chi connectivity index (χ4n) is 4.99. The molecular weight excluding hydrogens is 591 g/mol. The summed E-state index contributed by atoms with van der Waals surface area (Å²) < 4.78 is 5.61. The van der Waals surface area contributed by atoms with Gasteiger partial charge in [-0.1, -0.05) is 36.0 Å². The summed E-state index contributed by atoms with van der Waals surface area (Å²) in [5, 5.41) is 21.9. The summed E-state index contributed by atoms with van der Waals surface area (Å²) in [6.45, 7) is 0.851. The van der Waals surface area contributed by atoms with Crippen molar-refractivity contribution < 1.29 is 33.8 Å². The van der Waals surface area contributed by atoms with Crippen molar-refractivity contribution in [3.8, 4) is 5.75 Å². The molecule has 42 heavy (non-hydrogen) atoms. The Balaban J connectivity index is 0.00000353. The number of allylic oxidation sites excluding steroid dienone is 1. The molecule has 2 fully saturated rings. The molecule has 1 aromatic heterocycles. The van der Waals surface area contributed by atoms with Gasteiger partial charge in [-0.3, -0.25) is 19.3 Å². The number of aliphatic carboxylic acids is 1. The van der Waals surface area contributed by atoms with Gasteiger partial charge in [-0.2, -0.15) is 0 Å². The number of amides is 3. The van der Waals surface area contributed by atoms with Gasteiger partial charge in [-0.15, -0.1) is 11.8 Å². The Labute approximate surface area is 270 Å². The van der Waals surface area contributed by atoms with E-state index >= 15 is 0 Å². The summed E-state index contributed by atoms with van der Waals surface area (Å²) in [4.78, 5) is 58.1. The summed E-state index contributed by atoms with van der Waals surface area (Å²) in [5.41, 5.74) is 2.86. The molecule has 3 aliphatic rings. The molecule has 0 aliphatic carbocycles. The maximum atomic E-state index is 13.0. The van der Waals surface area contributed by atoms with E-state index in [4.69, 9.17) is 4.42 Å². The van der Waals surface area contributed by atoms with Crippen molar-refractivity contribution in [3.63, 3.8) is 0 Å². The van der Waals surface area contributed by atoms with Crippen LogP contribution in [0.2, 0.25) is 0 Å². The summed E-state index contributed by atoms with van der Waals surface area (Å²) in [6, 6.07) is 13.0. The van der Waals surface area contributed by atoms with E-state index in [1.54, 1.807) is 47.4 Å². The van der Waals surface area contributed by atoms with E-state index in [2.05, 4.69) is 10.3 Å². The Morgan fingerprint density at radius 1 is 1.17 bits per heavy atom. The second-order valence-electron chi connectivity index (χ2n) is 9.68. The molecule has 3 aromatic rings. The van der Waals surface area contributed by atoms with Crippen LogP contribution in [0.3, 0.4) is 0 Å². The van der Waals surface area contributed by atoms with Gasteiger partial charge in [0.1, 0.15) is 28.4 Å². The van der Waals surface area contributed by atoms with Crippen LogP contribution in [0.5, 0.6) is 5.75 Å². The topological polar surface area (TPSA) is 153 Å². The summed E-state index contributed by atoms with van der Waals surface area (Å²) >= 11 is 2.45. The van der Waals surface area contributed by atoms with Crippen LogP contribution in [0.4, 0.5) is 0 Å². The van der Waals surface area contributed by atoms with Crippen molar-refractivity contribution in [3.05, 3.63) is 77.0 Å². The van der Waals surface area contributed by atoms with Gasteiger partial charge in [0.15, 0.2) is 5.58 Å². The molecule has 0 bridgehead atoms. The number of nitrogens with one attached hydrogen (secondary N) is 1. The zero-order chi connectivity index (χ0) is 28.7. The molecule has 0 unspecified atom stereocenters. The van der Waals surface area contributed by atoms with Crippen LogP contribution in [-0.2, 0) is 25.7 Å². The van der Waals surface area contributed by atoms with Crippen LogP contribution < -0.4 is 5.32 Å². The Morgan fingerprint density at radius 2 is 1.93 bits per heavy atom. The fraction of sp³-hybridized carbons (Fsp3) is 0.250. The number of carbonyl (C=O) groups is 4. The number of aromatic nitrogens is 1. The SMILES string of the molecule is O=C(CSc1nc2ccccc2o1)N[C@@H]1C(=O)N2C(C(=O)O)=C(C=C3CCN(Cc4ccc(O)cc4)C3=O)CS[C@H]12.[Na]. The van der Waals surface area contributed by atoms with Crippen molar-refractivity contribution in [2.75, 3.05) is 18.1 Å². The third kappa shape index (κ3) is 5.97.